The zero-order valence-electron chi connectivity index (χ0n) is 9.61. The average molecular weight is 223 g/mol. The topological polar surface area (TPSA) is 52.8 Å². The van der Waals surface area contributed by atoms with E-state index >= 15 is 0 Å². The molecule has 1 rings (SSSR count). The summed E-state index contributed by atoms with van der Waals surface area (Å²) in [4.78, 5) is 4.16. The molecule has 3 nitrogen and oxygen atoms in total. The minimum atomic E-state index is -1.60. The number of hydrogen-bond acceptors (Lipinski definition) is 3. The summed E-state index contributed by atoms with van der Waals surface area (Å²) in [6.07, 6.45) is 1.40. The van der Waals surface area contributed by atoms with Crippen LogP contribution in [0.3, 0.4) is 0 Å². The van der Waals surface area contributed by atoms with E-state index in [2.05, 4.69) is 4.99 Å². The van der Waals surface area contributed by atoms with Gasteiger partial charge in [0.2, 0.25) is 0 Å². The Morgan fingerprint density at radius 1 is 1.31 bits per heavy atom. The zero-order valence-corrected chi connectivity index (χ0v) is 9.61. The molecule has 0 atom stereocenters. The molecule has 0 aliphatic heterocycles. The standard InChI is InChI=1S/C11H15BFNO2/c1-11(2,3)14-7-8-6-9(12(15)16)4-5-10(8)13/h4-7,15-16H,1-3H3. The van der Waals surface area contributed by atoms with Crippen molar-refractivity contribution in [3.05, 3.63) is 29.6 Å². The van der Waals surface area contributed by atoms with Gasteiger partial charge in [0.1, 0.15) is 5.82 Å². The summed E-state index contributed by atoms with van der Waals surface area (Å²) in [5.74, 6) is -0.433. The van der Waals surface area contributed by atoms with E-state index in [1.54, 1.807) is 0 Å². The first-order valence-electron chi connectivity index (χ1n) is 5.00. The van der Waals surface area contributed by atoms with Crippen LogP contribution in [0.15, 0.2) is 23.2 Å². The van der Waals surface area contributed by atoms with E-state index in [-0.39, 0.29) is 16.6 Å². The maximum Gasteiger partial charge on any atom is 0.488 e. The normalized spacial score (nSPS) is 12.1. The number of rotatable bonds is 2. The van der Waals surface area contributed by atoms with Gasteiger partial charge in [-0.1, -0.05) is 12.1 Å². The van der Waals surface area contributed by atoms with Crippen LogP contribution in [0.4, 0.5) is 4.39 Å². The van der Waals surface area contributed by atoms with Crippen LogP contribution in [0.1, 0.15) is 26.3 Å². The molecule has 2 N–H and O–H groups in total. The summed E-state index contributed by atoms with van der Waals surface area (Å²) >= 11 is 0. The van der Waals surface area contributed by atoms with Gasteiger partial charge in [0.15, 0.2) is 0 Å². The van der Waals surface area contributed by atoms with Crippen molar-refractivity contribution in [2.24, 2.45) is 4.99 Å². The Hall–Kier alpha value is -1.20. The Morgan fingerprint density at radius 3 is 2.44 bits per heavy atom. The van der Waals surface area contributed by atoms with Gasteiger partial charge in [-0.05, 0) is 32.3 Å². The number of aliphatic imine (C=N–C) groups is 1. The van der Waals surface area contributed by atoms with Crippen molar-refractivity contribution in [1.82, 2.24) is 0 Å². The van der Waals surface area contributed by atoms with Crippen LogP contribution < -0.4 is 5.46 Å². The molecule has 0 bridgehead atoms. The SMILES string of the molecule is CC(C)(C)N=Cc1cc(B(O)O)ccc1F. The monoisotopic (exact) mass is 223 g/mol. The first-order chi connectivity index (χ1) is 7.29. The fourth-order valence-electron chi connectivity index (χ4n) is 1.08. The molecule has 0 saturated heterocycles. The molecular weight excluding hydrogens is 208 g/mol. The van der Waals surface area contributed by atoms with E-state index in [0.717, 1.165) is 0 Å². The largest absolute Gasteiger partial charge is 0.488 e. The molecule has 0 fully saturated rings. The lowest BCUT2D eigenvalue weighted by Crippen LogP contribution is -2.30. The third kappa shape index (κ3) is 3.75. The van der Waals surface area contributed by atoms with E-state index < -0.39 is 12.9 Å². The summed E-state index contributed by atoms with van der Waals surface area (Å²) in [6.45, 7) is 5.68. The molecule has 86 valence electrons. The van der Waals surface area contributed by atoms with Crippen molar-refractivity contribution in [3.8, 4) is 0 Å². The summed E-state index contributed by atoms with van der Waals surface area (Å²) in [5.41, 5.74) is 0.206. The molecule has 0 radical (unpaired) electrons. The molecule has 0 heterocycles. The smallest absolute Gasteiger partial charge is 0.423 e. The van der Waals surface area contributed by atoms with Gasteiger partial charge in [0, 0.05) is 11.8 Å². The maximum atomic E-state index is 13.4. The summed E-state index contributed by atoms with van der Waals surface area (Å²) in [5, 5.41) is 17.9. The summed E-state index contributed by atoms with van der Waals surface area (Å²) < 4.78 is 13.4. The van der Waals surface area contributed by atoms with Gasteiger partial charge in [-0.25, -0.2) is 4.39 Å². The lowest BCUT2D eigenvalue weighted by Gasteiger charge is -2.11. The Labute approximate surface area is 94.8 Å². The third-order valence-corrected chi connectivity index (χ3v) is 1.91. The van der Waals surface area contributed by atoms with Crippen molar-refractivity contribution >= 4 is 18.8 Å². The second kappa shape index (κ2) is 4.76. The van der Waals surface area contributed by atoms with Gasteiger partial charge in [0.25, 0.3) is 0 Å². The van der Waals surface area contributed by atoms with Gasteiger partial charge in [0.05, 0.1) is 5.54 Å². The van der Waals surface area contributed by atoms with Crippen LogP contribution in [-0.4, -0.2) is 28.9 Å². The van der Waals surface area contributed by atoms with Gasteiger partial charge >= 0.3 is 7.12 Å². The van der Waals surface area contributed by atoms with Crippen LogP contribution in [-0.2, 0) is 0 Å². The van der Waals surface area contributed by atoms with Crippen molar-refractivity contribution < 1.29 is 14.4 Å². The first-order valence-corrected chi connectivity index (χ1v) is 5.00. The Morgan fingerprint density at radius 2 is 1.94 bits per heavy atom. The molecule has 5 heteroatoms. The molecule has 0 saturated carbocycles. The van der Waals surface area contributed by atoms with E-state index in [0.29, 0.717) is 0 Å². The molecule has 0 aromatic heterocycles. The van der Waals surface area contributed by atoms with Crippen LogP contribution in [0.5, 0.6) is 0 Å². The van der Waals surface area contributed by atoms with Crippen molar-refractivity contribution in [2.45, 2.75) is 26.3 Å². The van der Waals surface area contributed by atoms with Gasteiger partial charge < -0.3 is 10.0 Å². The van der Waals surface area contributed by atoms with Crippen molar-refractivity contribution in [3.63, 3.8) is 0 Å². The minimum Gasteiger partial charge on any atom is -0.423 e. The van der Waals surface area contributed by atoms with Gasteiger partial charge in [-0.3, -0.25) is 4.99 Å². The van der Waals surface area contributed by atoms with E-state index in [9.17, 15) is 4.39 Å². The number of benzene rings is 1. The Balaban J connectivity index is 3.04. The predicted molar refractivity (Wildman–Crippen MR) is 63.6 cm³/mol. The molecule has 1 aromatic rings. The van der Waals surface area contributed by atoms with Gasteiger partial charge in [-0.15, -0.1) is 0 Å². The van der Waals surface area contributed by atoms with Crippen LogP contribution in [0, 0.1) is 5.82 Å². The highest BCUT2D eigenvalue weighted by atomic mass is 19.1. The minimum absolute atomic E-state index is 0.247. The third-order valence-electron chi connectivity index (χ3n) is 1.91. The molecule has 16 heavy (non-hydrogen) atoms. The quantitative estimate of drug-likeness (QED) is 0.573. The number of nitrogens with zero attached hydrogens (tertiary/aromatic N) is 1. The average Bonchev–Trinajstić information content (AvgIpc) is 2.14. The molecule has 0 spiro atoms. The van der Waals surface area contributed by atoms with E-state index in [1.807, 2.05) is 20.8 Å². The highest BCUT2D eigenvalue weighted by molar-refractivity contribution is 6.58. The Bertz CT molecular complexity index is 399. The van der Waals surface area contributed by atoms with E-state index in [1.165, 1.54) is 24.4 Å². The molecule has 1 aromatic carbocycles. The predicted octanol–water partition coefficient (Wildman–Crippen LogP) is 0.723. The van der Waals surface area contributed by atoms with Crippen LogP contribution >= 0.6 is 0 Å². The molecule has 0 unspecified atom stereocenters. The summed E-state index contributed by atoms with van der Waals surface area (Å²) in [6, 6.07) is 3.89. The molecule has 0 amide bonds. The lowest BCUT2D eigenvalue weighted by atomic mass is 9.79. The Kier molecular flexibility index (Phi) is 3.83. The molecular formula is C11H15BFNO2. The van der Waals surface area contributed by atoms with Gasteiger partial charge in [-0.2, -0.15) is 0 Å². The van der Waals surface area contributed by atoms with Crippen molar-refractivity contribution in [1.29, 1.82) is 0 Å². The van der Waals surface area contributed by atoms with Crippen LogP contribution in [0.2, 0.25) is 0 Å². The number of hydrogen-bond donors (Lipinski definition) is 2. The van der Waals surface area contributed by atoms with Crippen molar-refractivity contribution in [2.75, 3.05) is 0 Å². The first kappa shape index (κ1) is 12.9. The van der Waals surface area contributed by atoms with E-state index in [4.69, 9.17) is 10.0 Å². The highest BCUT2D eigenvalue weighted by Crippen LogP contribution is 2.08. The summed E-state index contributed by atoms with van der Waals surface area (Å²) in [7, 11) is -1.60. The second-order valence-corrected chi connectivity index (χ2v) is 4.58. The maximum absolute atomic E-state index is 13.4. The number of halogens is 1. The fourth-order valence-corrected chi connectivity index (χ4v) is 1.08. The molecule has 0 aliphatic rings. The molecule has 0 aliphatic carbocycles. The second-order valence-electron chi connectivity index (χ2n) is 4.58. The van der Waals surface area contributed by atoms with Crippen LogP contribution in [0.25, 0.3) is 0 Å². The fraction of sp³-hybridized carbons (Fsp3) is 0.364. The zero-order chi connectivity index (χ0) is 12.3. The highest BCUT2D eigenvalue weighted by Gasteiger charge is 2.13. The lowest BCUT2D eigenvalue weighted by molar-refractivity contribution is 0.425.